The first-order chi connectivity index (χ1) is 8.99. The summed E-state index contributed by atoms with van der Waals surface area (Å²) in [7, 11) is 0. The van der Waals surface area contributed by atoms with Crippen molar-refractivity contribution in [3.05, 3.63) is 29.8 Å². The number of hydrogen-bond donors (Lipinski definition) is 3. The average molecular weight is 265 g/mol. The van der Waals surface area contributed by atoms with E-state index in [0.29, 0.717) is 12.3 Å². The summed E-state index contributed by atoms with van der Waals surface area (Å²) in [5.41, 5.74) is 6.90. The molecule has 1 aromatic carbocycles. The lowest BCUT2D eigenvalue weighted by Crippen LogP contribution is -2.24. The molecule has 4 N–H and O–H groups in total. The molecule has 0 aliphatic heterocycles. The van der Waals surface area contributed by atoms with Gasteiger partial charge in [0.25, 0.3) is 0 Å². The molecule has 0 radical (unpaired) electrons. The van der Waals surface area contributed by atoms with Gasteiger partial charge in [0, 0.05) is 18.3 Å². The van der Waals surface area contributed by atoms with Gasteiger partial charge in [-0.05, 0) is 38.5 Å². The highest BCUT2D eigenvalue weighted by Crippen LogP contribution is 2.15. The van der Waals surface area contributed by atoms with Crippen LogP contribution in [-0.4, -0.2) is 25.3 Å². The van der Waals surface area contributed by atoms with Gasteiger partial charge in [-0.2, -0.15) is 0 Å². The Morgan fingerprint density at radius 1 is 1.26 bits per heavy atom. The summed E-state index contributed by atoms with van der Waals surface area (Å²) in [5, 5.41) is 5.91. The molecule has 0 spiro atoms. The topological polar surface area (TPSA) is 76.4 Å². The molecule has 5 heteroatoms. The molecule has 0 fully saturated rings. The van der Waals surface area contributed by atoms with E-state index in [9.17, 15) is 4.79 Å². The maximum Gasteiger partial charge on any atom is 0.316 e. The van der Waals surface area contributed by atoms with Crippen LogP contribution in [0.1, 0.15) is 32.4 Å². The molecular weight excluding hydrogens is 242 g/mol. The monoisotopic (exact) mass is 265 g/mol. The number of amides is 2. The molecule has 2 amide bonds. The zero-order chi connectivity index (χ0) is 14.3. The van der Waals surface area contributed by atoms with Crippen LogP contribution in [0, 0.1) is 0 Å². The molecule has 1 atom stereocenters. The Morgan fingerprint density at radius 3 is 2.42 bits per heavy atom. The Hall–Kier alpha value is -1.59. The molecule has 106 valence electrons. The standard InChI is InChI=1S/C14H23N3O2/c1-10(2)19-9-8-16-11(3)12-4-6-13(7-5-12)17-14(15)18/h4-7,10-11,16H,8-9H2,1-3H3,(H3,15,17,18). The van der Waals surface area contributed by atoms with Crippen LogP contribution in [0.4, 0.5) is 10.5 Å². The van der Waals surface area contributed by atoms with Crippen molar-refractivity contribution in [3.8, 4) is 0 Å². The van der Waals surface area contributed by atoms with E-state index in [-0.39, 0.29) is 12.1 Å². The highest BCUT2D eigenvalue weighted by molar-refractivity contribution is 5.87. The summed E-state index contributed by atoms with van der Waals surface area (Å²) in [6.07, 6.45) is 0.260. The quantitative estimate of drug-likeness (QED) is 0.662. The van der Waals surface area contributed by atoms with Crippen LogP contribution in [-0.2, 0) is 4.74 Å². The SMILES string of the molecule is CC(C)OCCNC(C)c1ccc(NC(N)=O)cc1. The molecule has 5 nitrogen and oxygen atoms in total. The van der Waals surface area contributed by atoms with Crippen molar-refractivity contribution in [2.24, 2.45) is 5.73 Å². The van der Waals surface area contributed by atoms with Crippen molar-refractivity contribution in [1.82, 2.24) is 5.32 Å². The molecule has 19 heavy (non-hydrogen) atoms. The summed E-state index contributed by atoms with van der Waals surface area (Å²) in [6, 6.07) is 7.28. The molecule has 0 saturated heterocycles. The van der Waals surface area contributed by atoms with Gasteiger partial charge < -0.3 is 21.1 Å². The van der Waals surface area contributed by atoms with Gasteiger partial charge in [0.2, 0.25) is 0 Å². The number of hydrogen-bond acceptors (Lipinski definition) is 3. The second-order valence-electron chi connectivity index (χ2n) is 4.71. The Balaban J connectivity index is 2.39. The number of urea groups is 1. The van der Waals surface area contributed by atoms with E-state index < -0.39 is 6.03 Å². The predicted molar refractivity (Wildman–Crippen MR) is 77.2 cm³/mol. The van der Waals surface area contributed by atoms with Crippen molar-refractivity contribution >= 4 is 11.7 Å². The molecule has 1 unspecified atom stereocenters. The zero-order valence-electron chi connectivity index (χ0n) is 11.8. The summed E-state index contributed by atoms with van der Waals surface area (Å²) in [5.74, 6) is 0. The van der Waals surface area contributed by atoms with E-state index in [0.717, 1.165) is 12.1 Å². The second kappa shape index (κ2) is 7.76. The van der Waals surface area contributed by atoms with E-state index >= 15 is 0 Å². The first-order valence-corrected chi connectivity index (χ1v) is 6.50. The van der Waals surface area contributed by atoms with Gasteiger partial charge in [-0.1, -0.05) is 12.1 Å². The highest BCUT2D eigenvalue weighted by atomic mass is 16.5. The maximum atomic E-state index is 10.7. The Labute approximate surface area is 114 Å². The summed E-state index contributed by atoms with van der Waals surface area (Å²) < 4.78 is 5.47. The minimum atomic E-state index is -0.551. The third kappa shape index (κ3) is 6.22. The first kappa shape index (κ1) is 15.5. The number of carbonyl (C=O) groups excluding carboxylic acids is 1. The number of rotatable bonds is 7. The van der Waals surface area contributed by atoms with E-state index in [1.54, 1.807) is 0 Å². The molecule has 0 heterocycles. The average Bonchev–Trinajstić information content (AvgIpc) is 2.34. The minimum absolute atomic E-state index is 0.235. The number of carbonyl (C=O) groups is 1. The third-order valence-corrected chi connectivity index (χ3v) is 2.68. The molecule has 0 aromatic heterocycles. The van der Waals surface area contributed by atoms with Crippen molar-refractivity contribution in [2.45, 2.75) is 32.9 Å². The van der Waals surface area contributed by atoms with Crippen molar-refractivity contribution < 1.29 is 9.53 Å². The van der Waals surface area contributed by atoms with Gasteiger partial charge in [-0.25, -0.2) is 4.79 Å². The van der Waals surface area contributed by atoms with Gasteiger partial charge in [0.1, 0.15) is 0 Å². The second-order valence-corrected chi connectivity index (χ2v) is 4.71. The number of benzene rings is 1. The lowest BCUT2D eigenvalue weighted by Gasteiger charge is -2.15. The van der Waals surface area contributed by atoms with Crippen LogP contribution < -0.4 is 16.4 Å². The third-order valence-electron chi connectivity index (χ3n) is 2.68. The number of primary amides is 1. The lowest BCUT2D eigenvalue weighted by molar-refractivity contribution is 0.0796. The molecule has 0 aliphatic carbocycles. The van der Waals surface area contributed by atoms with Gasteiger partial charge in [0.05, 0.1) is 12.7 Å². The summed E-state index contributed by atoms with van der Waals surface area (Å²) >= 11 is 0. The normalized spacial score (nSPS) is 12.4. The van der Waals surface area contributed by atoms with Crippen LogP contribution in [0.15, 0.2) is 24.3 Å². The first-order valence-electron chi connectivity index (χ1n) is 6.50. The Bertz CT molecular complexity index is 390. The van der Waals surface area contributed by atoms with Crippen LogP contribution in [0.2, 0.25) is 0 Å². The minimum Gasteiger partial charge on any atom is -0.377 e. The highest BCUT2D eigenvalue weighted by Gasteiger charge is 2.05. The van der Waals surface area contributed by atoms with Gasteiger partial charge in [0.15, 0.2) is 0 Å². The Kier molecular flexibility index (Phi) is 6.32. The predicted octanol–water partition coefficient (Wildman–Crippen LogP) is 2.25. The Morgan fingerprint density at radius 2 is 1.89 bits per heavy atom. The molecule has 0 aliphatic rings. The zero-order valence-corrected chi connectivity index (χ0v) is 11.8. The van der Waals surface area contributed by atoms with Gasteiger partial charge in [-0.3, -0.25) is 0 Å². The van der Waals surface area contributed by atoms with Gasteiger partial charge in [-0.15, -0.1) is 0 Å². The molecular formula is C14H23N3O2. The van der Waals surface area contributed by atoms with E-state index in [2.05, 4.69) is 17.6 Å². The fourth-order valence-corrected chi connectivity index (χ4v) is 1.69. The fourth-order valence-electron chi connectivity index (χ4n) is 1.69. The van der Waals surface area contributed by atoms with Crippen LogP contribution >= 0.6 is 0 Å². The maximum absolute atomic E-state index is 10.7. The van der Waals surface area contributed by atoms with E-state index in [4.69, 9.17) is 10.5 Å². The molecule has 0 bridgehead atoms. The van der Waals surface area contributed by atoms with Crippen LogP contribution in [0.3, 0.4) is 0 Å². The van der Waals surface area contributed by atoms with Crippen molar-refractivity contribution in [2.75, 3.05) is 18.5 Å². The lowest BCUT2D eigenvalue weighted by atomic mass is 10.1. The van der Waals surface area contributed by atoms with Crippen molar-refractivity contribution in [3.63, 3.8) is 0 Å². The largest absolute Gasteiger partial charge is 0.377 e. The van der Waals surface area contributed by atoms with Crippen molar-refractivity contribution in [1.29, 1.82) is 0 Å². The number of ether oxygens (including phenoxy) is 1. The molecule has 1 rings (SSSR count). The van der Waals surface area contributed by atoms with Gasteiger partial charge >= 0.3 is 6.03 Å². The smallest absolute Gasteiger partial charge is 0.316 e. The van der Waals surface area contributed by atoms with E-state index in [1.807, 2.05) is 38.1 Å². The number of nitrogens with two attached hydrogens (primary N) is 1. The number of nitrogens with one attached hydrogen (secondary N) is 2. The summed E-state index contributed by atoms with van der Waals surface area (Å²) in [4.78, 5) is 10.7. The molecule has 1 aromatic rings. The van der Waals surface area contributed by atoms with E-state index in [1.165, 1.54) is 0 Å². The molecule has 0 saturated carbocycles. The fraction of sp³-hybridized carbons (Fsp3) is 0.500. The number of anilines is 1. The van der Waals surface area contributed by atoms with Crippen LogP contribution in [0.5, 0.6) is 0 Å². The van der Waals surface area contributed by atoms with Crippen LogP contribution in [0.25, 0.3) is 0 Å². The summed E-state index contributed by atoms with van der Waals surface area (Å²) in [6.45, 7) is 7.64.